The lowest BCUT2D eigenvalue weighted by molar-refractivity contribution is 0.0325. The van der Waals surface area contributed by atoms with Gasteiger partial charge < -0.3 is 14.7 Å². The first-order valence-corrected chi connectivity index (χ1v) is 12.1. The van der Waals surface area contributed by atoms with Gasteiger partial charge in [-0.05, 0) is 55.8 Å². The van der Waals surface area contributed by atoms with E-state index in [1.165, 1.54) is 5.56 Å². The normalized spacial score (nSPS) is 19.0. The summed E-state index contributed by atoms with van der Waals surface area (Å²) in [6.45, 7) is 7.81. The molecule has 0 saturated carbocycles. The summed E-state index contributed by atoms with van der Waals surface area (Å²) in [5.41, 5.74) is 4.61. The minimum absolute atomic E-state index is 0.0406. The average molecular weight is 475 g/mol. The summed E-state index contributed by atoms with van der Waals surface area (Å²) >= 11 is 0. The minimum Gasteiger partial charge on any atom is -0.472 e. The van der Waals surface area contributed by atoms with E-state index >= 15 is 0 Å². The fourth-order valence-corrected chi connectivity index (χ4v) is 4.54. The molecule has 184 valence electrons. The molecule has 0 spiro atoms. The second kappa shape index (κ2) is 11.0. The number of pyridine rings is 2. The van der Waals surface area contributed by atoms with E-state index in [-0.39, 0.29) is 30.6 Å². The van der Waals surface area contributed by atoms with Gasteiger partial charge in [-0.15, -0.1) is 0 Å². The van der Waals surface area contributed by atoms with Crippen LogP contribution in [0.4, 0.5) is 0 Å². The largest absolute Gasteiger partial charge is 0.472 e. The van der Waals surface area contributed by atoms with Crippen LogP contribution in [0.1, 0.15) is 35.3 Å². The van der Waals surface area contributed by atoms with Crippen LogP contribution in [0.25, 0.3) is 11.1 Å². The number of amides is 1. The molecule has 4 rings (SSSR count). The summed E-state index contributed by atoms with van der Waals surface area (Å²) in [4.78, 5) is 26.3. The van der Waals surface area contributed by atoms with Crippen molar-refractivity contribution < 1.29 is 14.6 Å². The maximum atomic E-state index is 13.7. The van der Waals surface area contributed by atoms with E-state index in [4.69, 9.17) is 4.74 Å². The second-order valence-corrected chi connectivity index (χ2v) is 9.57. The third kappa shape index (κ3) is 5.69. The number of ether oxygens (including phenoxy) is 1. The van der Waals surface area contributed by atoms with E-state index in [9.17, 15) is 9.90 Å². The Morgan fingerprint density at radius 2 is 1.94 bits per heavy atom. The van der Waals surface area contributed by atoms with Crippen LogP contribution in [0.2, 0.25) is 0 Å². The summed E-state index contributed by atoms with van der Waals surface area (Å²) in [5, 5.41) is 9.89. The zero-order chi connectivity index (χ0) is 24.9. The topological polar surface area (TPSA) is 78.8 Å². The lowest BCUT2D eigenvalue weighted by atomic mass is 9.98. The average Bonchev–Trinajstić information content (AvgIpc) is 2.86. The van der Waals surface area contributed by atoms with Crippen molar-refractivity contribution in [1.29, 1.82) is 0 Å². The molecule has 2 aromatic heterocycles. The Bertz CT molecular complexity index is 1150. The minimum atomic E-state index is -0.312. The number of aliphatic hydroxyl groups is 1. The molecule has 0 fully saturated rings. The van der Waals surface area contributed by atoms with Crippen molar-refractivity contribution in [3.8, 4) is 17.0 Å². The molecule has 1 N–H and O–H groups in total. The predicted octanol–water partition coefficient (Wildman–Crippen LogP) is 3.80. The number of nitrogens with zero attached hydrogens (tertiary/aromatic N) is 4. The molecule has 0 radical (unpaired) electrons. The Balaban J connectivity index is 1.67. The van der Waals surface area contributed by atoms with Gasteiger partial charge in [0.1, 0.15) is 11.7 Å². The van der Waals surface area contributed by atoms with Gasteiger partial charge in [0.2, 0.25) is 5.88 Å². The quantitative estimate of drug-likeness (QED) is 0.561. The van der Waals surface area contributed by atoms with Crippen molar-refractivity contribution in [2.75, 3.05) is 26.7 Å². The second-order valence-electron chi connectivity index (χ2n) is 9.57. The van der Waals surface area contributed by atoms with E-state index in [2.05, 4.69) is 28.8 Å². The number of aryl methyl sites for hydroxylation is 1. The number of hydrogen-bond donors (Lipinski definition) is 1. The van der Waals surface area contributed by atoms with Gasteiger partial charge in [-0.25, -0.2) is 4.98 Å². The number of carbonyl (C=O) groups excluding carboxylic acids is 1. The number of aliphatic hydroxyl groups excluding tert-OH is 1. The van der Waals surface area contributed by atoms with Crippen molar-refractivity contribution in [3.63, 3.8) is 0 Å². The van der Waals surface area contributed by atoms with Crippen molar-refractivity contribution >= 4 is 5.91 Å². The van der Waals surface area contributed by atoms with Crippen LogP contribution in [-0.2, 0) is 6.54 Å². The van der Waals surface area contributed by atoms with Crippen molar-refractivity contribution in [3.05, 3.63) is 77.7 Å². The molecule has 1 aliphatic rings. The van der Waals surface area contributed by atoms with Crippen LogP contribution >= 0.6 is 0 Å². The summed E-state index contributed by atoms with van der Waals surface area (Å²) < 4.78 is 6.44. The molecular weight excluding hydrogens is 440 g/mol. The fraction of sp³-hybridized carbons (Fsp3) is 0.393. The van der Waals surface area contributed by atoms with Gasteiger partial charge in [-0.2, -0.15) is 0 Å². The first-order valence-electron chi connectivity index (χ1n) is 12.1. The van der Waals surface area contributed by atoms with Crippen LogP contribution < -0.4 is 4.74 Å². The summed E-state index contributed by atoms with van der Waals surface area (Å²) in [7, 11) is 2.06. The third-order valence-corrected chi connectivity index (χ3v) is 6.67. The number of carbonyl (C=O) groups is 1. The highest BCUT2D eigenvalue weighted by atomic mass is 16.5. The zero-order valence-corrected chi connectivity index (χ0v) is 20.9. The van der Waals surface area contributed by atoms with Gasteiger partial charge in [-0.1, -0.05) is 31.2 Å². The first kappa shape index (κ1) is 24.8. The van der Waals surface area contributed by atoms with Crippen LogP contribution in [0.3, 0.4) is 0 Å². The Labute approximate surface area is 207 Å². The first-order chi connectivity index (χ1) is 16.9. The summed E-state index contributed by atoms with van der Waals surface area (Å²) in [6, 6.07) is 13.6. The number of hydrogen-bond acceptors (Lipinski definition) is 6. The zero-order valence-electron chi connectivity index (χ0n) is 20.9. The van der Waals surface area contributed by atoms with Gasteiger partial charge in [-0.3, -0.25) is 14.7 Å². The Morgan fingerprint density at radius 3 is 2.66 bits per heavy atom. The Kier molecular flexibility index (Phi) is 7.78. The molecule has 3 aromatic rings. The third-order valence-electron chi connectivity index (χ3n) is 6.67. The van der Waals surface area contributed by atoms with E-state index in [0.29, 0.717) is 24.5 Å². The van der Waals surface area contributed by atoms with E-state index in [1.807, 2.05) is 56.3 Å². The van der Waals surface area contributed by atoms with Crippen LogP contribution in [0, 0.1) is 12.8 Å². The van der Waals surface area contributed by atoms with Gasteiger partial charge in [0.15, 0.2) is 0 Å². The molecule has 7 heteroatoms. The lowest BCUT2D eigenvalue weighted by Gasteiger charge is -2.37. The molecule has 0 aliphatic carbocycles. The summed E-state index contributed by atoms with van der Waals surface area (Å²) in [5.74, 6) is 0.218. The van der Waals surface area contributed by atoms with E-state index < -0.39 is 0 Å². The maximum Gasteiger partial charge on any atom is 0.259 e. The standard InChI is InChI=1S/C28H34N4O3/c1-19-7-5-6-8-24(19)23-13-25-27(30-14-23)35-26(17-31(4)16-22-9-11-29-12-10-22)20(2)15-32(28(25)34)21(3)18-33/h5-14,20-21,26,33H,15-18H2,1-4H3/t20-,21+,26-/m0/s1. The van der Waals surface area contributed by atoms with Crippen LogP contribution in [0.5, 0.6) is 5.88 Å². The molecule has 1 aliphatic heterocycles. The molecule has 3 heterocycles. The SMILES string of the molecule is Cc1ccccc1-c1cnc2c(c1)C(=O)N([C@H](C)CO)C[C@H](C)[C@H](CN(C)Cc1ccncc1)O2. The maximum absolute atomic E-state index is 13.7. The number of aromatic nitrogens is 2. The molecule has 7 nitrogen and oxygen atoms in total. The molecule has 35 heavy (non-hydrogen) atoms. The lowest BCUT2D eigenvalue weighted by Crippen LogP contribution is -2.49. The van der Waals surface area contributed by atoms with Crippen molar-refractivity contribution in [2.45, 2.75) is 39.5 Å². The molecule has 1 amide bonds. The number of fused-ring (bicyclic) bond motifs is 1. The molecule has 0 saturated heterocycles. The summed E-state index contributed by atoms with van der Waals surface area (Å²) in [6.07, 6.45) is 5.19. The van der Waals surface area contributed by atoms with E-state index in [0.717, 1.165) is 23.2 Å². The number of benzene rings is 1. The van der Waals surface area contributed by atoms with Crippen LogP contribution in [-0.4, -0.2) is 69.7 Å². The van der Waals surface area contributed by atoms with Gasteiger partial charge >= 0.3 is 0 Å². The highest BCUT2D eigenvalue weighted by Gasteiger charge is 2.34. The molecule has 3 atom stereocenters. The molecular formula is C28H34N4O3. The molecule has 1 aromatic carbocycles. The molecule has 0 bridgehead atoms. The smallest absolute Gasteiger partial charge is 0.259 e. The van der Waals surface area contributed by atoms with Crippen molar-refractivity contribution in [1.82, 2.24) is 19.8 Å². The Morgan fingerprint density at radius 1 is 1.20 bits per heavy atom. The fourth-order valence-electron chi connectivity index (χ4n) is 4.54. The number of likely N-dealkylation sites (N-methyl/N-ethyl adjacent to an activating group) is 1. The van der Waals surface area contributed by atoms with Gasteiger partial charge in [0.05, 0.1) is 12.6 Å². The van der Waals surface area contributed by atoms with E-state index in [1.54, 1.807) is 23.5 Å². The van der Waals surface area contributed by atoms with Crippen LogP contribution in [0.15, 0.2) is 61.1 Å². The van der Waals surface area contributed by atoms with Gasteiger partial charge in [0.25, 0.3) is 5.91 Å². The predicted molar refractivity (Wildman–Crippen MR) is 136 cm³/mol. The van der Waals surface area contributed by atoms with Crippen molar-refractivity contribution in [2.24, 2.45) is 5.92 Å². The highest BCUT2D eigenvalue weighted by molar-refractivity contribution is 5.98. The monoisotopic (exact) mass is 474 g/mol. The number of rotatable bonds is 7. The van der Waals surface area contributed by atoms with Gasteiger partial charge in [0, 0.05) is 49.7 Å². The molecule has 0 unspecified atom stereocenters. The Hall–Kier alpha value is -3.29. The highest BCUT2D eigenvalue weighted by Crippen LogP contribution is 2.31.